The third-order valence-corrected chi connectivity index (χ3v) is 4.08. The highest BCUT2D eigenvalue weighted by molar-refractivity contribution is 6.03. The van der Waals surface area contributed by atoms with Gasteiger partial charge in [-0.2, -0.15) is 0 Å². The number of amides is 1. The molecule has 3 aromatic rings. The zero-order chi connectivity index (χ0) is 20.8. The number of esters is 1. The summed E-state index contributed by atoms with van der Waals surface area (Å²) in [5.41, 5.74) is 2.89. The highest BCUT2D eigenvalue weighted by Crippen LogP contribution is 2.28. The predicted octanol–water partition coefficient (Wildman–Crippen LogP) is 3.58. The summed E-state index contributed by atoms with van der Waals surface area (Å²) in [5, 5.41) is 5.87. The molecular formula is C21H20N4O4. The maximum Gasteiger partial charge on any atom is 0.337 e. The quantitative estimate of drug-likeness (QED) is 0.618. The second kappa shape index (κ2) is 8.83. The van der Waals surface area contributed by atoms with Crippen molar-refractivity contribution in [3.63, 3.8) is 0 Å². The summed E-state index contributed by atoms with van der Waals surface area (Å²) in [6.45, 7) is 1.97. The number of aromatic nitrogens is 2. The van der Waals surface area contributed by atoms with E-state index in [4.69, 9.17) is 4.74 Å². The van der Waals surface area contributed by atoms with Crippen molar-refractivity contribution < 1.29 is 19.1 Å². The van der Waals surface area contributed by atoms with Gasteiger partial charge in [0, 0.05) is 11.8 Å². The summed E-state index contributed by atoms with van der Waals surface area (Å²) < 4.78 is 10.00. The lowest BCUT2D eigenvalue weighted by atomic mass is 10.2. The summed E-state index contributed by atoms with van der Waals surface area (Å²) in [4.78, 5) is 32.2. The van der Waals surface area contributed by atoms with E-state index in [-0.39, 0.29) is 5.69 Å². The molecular weight excluding hydrogens is 372 g/mol. The molecule has 0 aliphatic rings. The van der Waals surface area contributed by atoms with Crippen LogP contribution in [-0.4, -0.2) is 36.1 Å². The van der Waals surface area contributed by atoms with Crippen LogP contribution in [0.5, 0.6) is 5.75 Å². The maximum absolute atomic E-state index is 12.5. The predicted molar refractivity (Wildman–Crippen MR) is 109 cm³/mol. The Balaban J connectivity index is 1.74. The summed E-state index contributed by atoms with van der Waals surface area (Å²) in [5.74, 6) is 0.263. The van der Waals surface area contributed by atoms with Gasteiger partial charge in [-0.15, -0.1) is 0 Å². The van der Waals surface area contributed by atoms with E-state index in [2.05, 4.69) is 25.3 Å². The lowest BCUT2D eigenvalue weighted by molar-refractivity contribution is 0.0600. The van der Waals surface area contributed by atoms with E-state index in [1.165, 1.54) is 13.4 Å². The minimum atomic E-state index is -0.444. The van der Waals surface area contributed by atoms with Crippen molar-refractivity contribution in [1.29, 1.82) is 0 Å². The van der Waals surface area contributed by atoms with Gasteiger partial charge in [0.25, 0.3) is 5.91 Å². The van der Waals surface area contributed by atoms with E-state index in [1.54, 1.807) is 37.4 Å². The average molecular weight is 392 g/mol. The van der Waals surface area contributed by atoms with Gasteiger partial charge >= 0.3 is 5.97 Å². The number of aryl methyl sites for hydroxylation is 1. The molecule has 1 amide bonds. The van der Waals surface area contributed by atoms with Crippen LogP contribution in [0, 0.1) is 6.92 Å². The second-order valence-corrected chi connectivity index (χ2v) is 6.14. The first-order chi connectivity index (χ1) is 14.0. The van der Waals surface area contributed by atoms with Gasteiger partial charge in [0.15, 0.2) is 0 Å². The van der Waals surface area contributed by atoms with E-state index < -0.39 is 11.9 Å². The molecule has 0 spiro atoms. The van der Waals surface area contributed by atoms with Crippen molar-refractivity contribution in [2.45, 2.75) is 6.92 Å². The van der Waals surface area contributed by atoms with Crippen LogP contribution in [0.15, 0.2) is 54.9 Å². The first-order valence-corrected chi connectivity index (χ1v) is 8.73. The molecule has 0 bridgehead atoms. The fourth-order valence-corrected chi connectivity index (χ4v) is 2.61. The molecule has 8 nitrogen and oxygen atoms in total. The largest absolute Gasteiger partial charge is 0.495 e. The molecule has 0 aliphatic carbocycles. The van der Waals surface area contributed by atoms with Crippen molar-refractivity contribution in [3.8, 4) is 5.75 Å². The van der Waals surface area contributed by atoms with Gasteiger partial charge in [0.2, 0.25) is 0 Å². The van der Waals surface area contributed by atoms with Crippen LogP contribution in [-0.2, 0) is 4.74 Å². The molecule has 0 atom stereocenters. The van der Waals surface area contributed by atoms with Crippen molar-refractivity contribution in [3.05, 3.63) is 71.7 Å². The number of carbonyl (C=O) groups excluding carboxylic acids is 2. The molecule has 0 saturated carbocycles. The van der Waals surface area contributed by atoms with Crippen LogP contribution in [0.3, 0.4) is 0 Å². The molecule has 0 saturated heterocycles. The fourth-order valence-electron chi connectivity index (χ4n) is 2.61. The Labute approximate surface area is 167 Å². The molecule has 29 heavy (non-hydrogen) atoms. The number of benzene rings is 2. The van der Waals surface area contributed by atoms with E-state index in [9.17, 15) is 9.59 Å². The zero-order valence-corrected chi connectivity index (χ0v) is 16.2. The minimum Gasteiger partial charge on any atom is -0.495 e. The Kier molecular flexibility index (Phi) is 6.03. The second-order valence-electron chi connectivity index (χ2n) is 6.14. The van der Waals surface area contributed by atoms with Crippen molar-refractivity contribution in [2.24, 2.45) is 0 Å². The average Bonchev–Trinajstić information content (AvgIpc) is 2.74. The SMILES string of the molecule is COC(=O)c1ccc(NC(=O)c2cc(Nc3cc(C)ccc3OC)ncn2)cc1. The standard InChI is InChI=1S/C21H20N4O4/c1-13-4-9-18(28-2)16(10-13)25-19-11-17(22-12-23-19)20(26)24-15-7-5-14(6-8-15)21(27)29-3/h4-12H,1-3H3,(H,24,26)(H,22,23,25). The number of ether oxygens (including phenoxy) is 2. The van der Waals surface area contributed by atoms with Gasteiger partial charge < -0.3 is 20.1 Å². The summed E-state index contributed by atoms with van der Waals surface area (Å²) in [6.07, 6.45) is 1.31. The molecule has 148 valence electrons. The van der Waals surface area contributed by atoms with Gasteiger partial charge in [-0.25, -0.2) is 14.8 Å². The van der Waals surface area contributed by atoms with Crippen LogP contribution in [0.1, 0.15) is 26.4 Å². The molecule has 3 rings (SSSR count). The Bertz CT molecular complexity index is 1040. The van der Waals surface area contributed by atoms with Gasteiger partial charge in [0.1, 0.15) is 23.6 Å². The molecule has 0 radical (unpaired) electrons. The third-order valence-electron chi connectivity index (χ3n) is 4.08. The maximum atomic E-state index is 12.5. The van der Waals surface area contributed by atoms with Gasteiger partial charge in [-0.1, -0.05) is 6.07 Å². The number of hydrogen-bond acceptors (Lipinski definition) is 7. The van der Waals surface area contributed by atoms with Crippen LogP contribution in [0.25, 0.3) is 0 Å². The van der Waals surface area contributed by atoms with Crippen LogP contribution in [0.4, 0.5) is 17.2 Å². The Morgan fingerprint density at radius 1 is 0.966 bits per heavy atom. The Morgan fingerprint density at radius 2 is 1.72 bits per heavy atom. The highest BCUT2D eigenvalue weighted by atomic mass is 16.5. The smallest absolute Gasteiger partial charge is 0.337 e. The molecule has 1 aromatic heterocycles. The first kappa shape index (κ1) is 19.8. The molecule has 2 N–H and O–H groups in total. The van der Waals surface area contributed by atoms with Crippen molar-refractivity contribution >= 4 is 29.1 Å². The zero-order valence-electron chi connectivity index (χ0n) is 16.2. The number of rotatable bonds is 6. The van der Waals surface area contributed by atoms with E-state index in [1.807, 2.05) is 25.1 Å². The lowest BCUT2D eigenvalue weighted by Crippen LogP contribution is -2.14. The minimum absolute atomic E-state index is 0.186. The molecule has 2 aromatic carbocycles. The number of hydrogen-bond donors (Lipinski definition) is 2. The van der Waals surface area contributed by atoms with Crippen molar-refractivity contribution in [2.75, 3.05) is 24.9 Å². The molecule has 0 aliphatic heterocycles. The van der Waals surface area contributed by atoms with Gasteiger partial charge in [0.05, 0.1) is 25.5 Å². The first-order valence-electron chi connectivity index (χ1n) is 8.73. The highest BCUT2D eigenvalue weighted by Gasteiger charge is 2.12. The van der Waals surface area contributed by atoms with Crippen LogP contribution in [0.2, 0.25) is 0 Å². The van der Waals surface area contributed by atoms with E-state index in [0.717, 1.165) is 11.3 Å². The number of anilines is 3. The molecule has 1 heterocycles. The Morgan fingerprint density at radius 3 is 2.41 bits per heavy atom. The number of nitrogens with zero attached hydrogens (tertiary/aromatic N) is 2. The monoisotopic (exact) mass is 392 g/mol. The summed E-state index contributed by atoms with van der Waals surface area (Å²) in [7, 11) is 2.89. The normalized spacial score (nSPS) is 10.2. The molecule has 8 heteroatoms. The van der Waals surface area contributed by atoms with Gasteiger partial charge in [-0.3, -0.25) is 4.79 Å². The number of carbonyl (C=O) groups is 2. The van der Waals surface area contributed by atoms with Crippen LogP contribution >= 0.6 is 0 Å². The summed E-state index contributed by atoms with van der Waals surface area (Å²) in [6, 6.07) is 13.6. The van der Waals surface area contributed by atoms with Crippen molar-refractivity contribution in [1.82, 2.24) is 9.97 Å². The number of nitrogens with one attached hydrogen (secondary N) is 2. The fraction of sp³-hybridized carbons (Fsp3) is 0.143. The Hall–Kier alpha value is -3.94. The van der Waals surface area contributed by atoms with E-state index >= 15 is 0 Å². The lowest BCUT2D eigenvalue weighted by Gasteiger charge is -2.12. The van der Waals surface area contributed by atoms with E-state index in [0.29, 0.717) is 22.8 Å². The number of methoxy groups -OCH3 is 2. The van der Waals surface area contributed by atoms with Gasteiger partial charge in [-0.05, 0) is 48.9 Å². The third kappa shape index (κ3) is 4.86. The topological polar surface area (TPSA) is 102 Å². The summed E-state index contributed by atoms with van der Waals surface area (Å²) >= 11 is 0. The molecule has 0 fully saturated rings. The van der Waals surface area contributed by atoms with Crippen LogP contribution < -0.4 is 15.4 Å². The molecule has 0 unspecified atom stereocenters.